The van der Waals surface area contributed by atoms with Crippen LogP contribution in [0.3, 0.4) is 0 Å². The molecule has 2 heterocycles. The largest absolute Gasteiger partial charge is 0.340 e. The highest BCUT2D eigenvalue weighted by molar-refractivity contribution is 8.13. The van der Waals surface area contributed by atoms with Crippen LogP contribution in [0.25, 0.3) is 0 Å². The molecule has 2 aromatic rings. The molecule has 0 radical (unpaired) electrons. The Morgan fingerprint density at radius 1 is 1.44 bits per heavy atom. The van der Waals surface area contributed by atoms with Gasteiger partial charge < -0.3 is 4.57 Å². The van der Waals surface area contributed by atoms with Crippen LogP contribution in [-0.4, -0.2) is 29.0 Å². The molecule has 0 aliphatic heterocycles. The first-order chi connectivity index (χ1) is 8.29. The number of carbonyl (C=O) groups excluding carboxylic acids is 1. The van der Waals surface area contributed by atoms with E-state index >= 15 is 0 Å². The number of aryl methyl sites for hydroxylation is 2. The van der Waals surface area contributed by atoms with Gasteiger partial charge in [-0.15, -0.1) is 0 Å². The maximum atomic E-state index is 12.0. The fourth-order valence-electron chi connectivity index (χ4n) is 1.59. The van der Waals surface area contributed by atoms with Crippen LogP contribution in [0.2, 0.25) is 0 Å². The number of halogens is 1. The van der Waals surface area contributed by atoms with Crippen molar-refractivity contribution < 1.29 is 13.2 Å². The molecule has 8 heteroatoms. The van der Waals surface area contributed by atoms with Gasteiger partial charge in [0.25, 0.3) is 9.05 Å². The average molecular weight is 288 g/mol. The van der Waals surface area contributed by atoms with Crippen LogP contribution in [0.4, 0.5) is 0 Å². The van der Waals surface area contributed by atoms with E-state index in [4.69, 9.17) is 10.7 Å². The summed E-state index contributed by atoms with van der Waals surface area (Å²) in [5.74, 6) is -0.360. The second kappa shape index (κ2) is 4.25. The molecule has 0 spiro atoms. The topological polar surface area (TPSA) is 84.8 Å². The summed E-state index contributed by atoms with van der Waals surface area (Å²) in [4.78, 5) is 12.0. The van der Waals surface area contributed by atoms with Gasteiger partial charge >= 0.3 is 0 Å². The van der Waals surface area contributed by atoms with Gasteiger partial charge in [-0.3, -0.25) is 9.89 Å². The number of hydrogen-bond donors (Lipinski definition) is 1. The van der Waals surface area contributed by atoms with Gasteiger partial charge in [0, 0.05) is 35.2 Å². The van der Waals surface area contributed by atoms with Crippen LogP contribution in [0.15, 0.2) is 23.4 Å². The van der Waals surface area contributed by atoms with Gasteiger partial charge in [0.2, 0.25) is 5.78 Å². The molecule has 6 nitrogen and oxygen atoms in total. The molecule has 0 unspecified atom stereocenters. The highest BCUT2D eigenvalue weighted by atomic mass is 35.7. The molecule has 0 fully saturated rings. The molecule has 0 amide bonds. The molecule has 0 aliphatic carbocycles. The lowest BCUT2D eigenvalue weighted by Crippen LogP contribution is -2.00. The van der Waals surface area contributed by atoms with E-state index in [2.05, 4.69) is 10.2 Å². The van der Waals surface area contributed by atoms with E-state index in [1.807, 2.05) is 0 Å². The second-order valence-electron chi connectivity index (χ2n) is 3.88. The van der Waals surface area contributed by atoms with Gasteiger partial charge in [-0.2, -0.15) is 5.10 Å². The van der Waals surface area contributed by atoms with E-state index in [9.17, 15) is 13.2 Å². The number of carbonyl (C=O) groups is 1. The maximum Gasteiger partial charge on any atom is 0.276 e. The van der Waals surface area contributed by atoms with Gasteiger partial charge in [0.1, 0.15) is 5.69 Å². The smallest absolute Gasteiger partial charge is 0.276 e. The van der Waals surface area contributed by atoms with E-state index in [-0.39, 0.29) is 22.1 Å². The third kappa shape index (κ3) is 2.32. The van der Waals surface area contributed by atoms with Crippen molar-refractivity contribution in [1.29, 1.82) is 0 Å². The van der Waals surface area contributed by atoms with Crippen LogP contribution in [0, 0.1) is 6.92 Å². The second-order valence-corrected chi connectivity index (χ2v) is 6.39. The van der Waals surface area contributed by atoms with Gasteiger partial charge in [-0.05, 0) is 19.1 Å². The quantitative estimate of drug-likeness (QED) is 0.679. The van der Waals surface area contributed by atoms with Crippen molar-refractivity contribution in [3.63, 3.8) is 0 Å². The number of nitrogens with one attached hydrogen (secondary N) is 1. The Hall–Kier alpha value is -1.60. The van der Waals surface area contributed by atoms with E-state index in [1.54, 1.807) is 13.0 Å². The highest BCUT2D eigenvalue weighted by Gasteiger charge is 2.20. The summed E-state index contributed by atoms with van der Waals surface area (Å²) in [6.07, 6.45) is 1.40. The van der Waals surface area contributed by atoms with Crippen molar-refractivity contribution in [2.24, 2.45) is 7.05 Å². The van der Waals surface area contributed by atoms with Gasteiger partial charge in [0.05, 0.1) is 0 Å². The van der Waals surface area contributed by atoms with Gasteiger partial charge in [0.15, 0.2) is 5.03 Å². The third-order valence-corrected chi connectivity index (χ3v) is 3.79. The van der Waals surface area contributed by atoms with Crippen molar-refractivity contribution in [3.8, 4) is 0 Å². The minimum Gasteiger partial charge on any atom is -0.340 e. The summed E-state index contributed by atoms with van der Waals surface area (Å²) in [6.45, 7) is 1.77. The van der Waals surface area contributed by atoms with Crippen LogP contribution in [-0.2, 0) is 16.1 Å². The van der Waals surface area contributed by atoms with Crippen molar-refractivity contribution in [3.05, 3.63) is 35.3 Å². The standard InChI is InChI=1S/C10H10ClN3O3S/c1-6-3-8(13-12-6)10(15)7-4-9(14(2)5-7)18(11,16)17/h3-5H,1-2H3,(H,12,13). The Bertz CT molecular complexity index is 715. The van der Waals surface area contributed by atoms with E-state index in [0.29, 0.717) is 0 Å². The molecule has 1 N–H and O–H groups in total. The van der Waals surface area contributed by atoms with Crippen molar-refractivity contribution >= 4 is 25.5 Å². The van der Waals surface area contributed by atoms with Crippen LogP contribution in [0.1, 0.15) is 21.7 Å². The molecule has 2 aromatic heterocycles. The molecule has 0 aliphatic rings. The molecule has 0 saturated heterocycles. The lowest BCUT2D eigenvalue weighted by molar-refractivity contribution is 0.103. The minimum absolute atomic E-state index is 0.125. The lowest BCUT2D eigenvalue weighted by atomic mass is 10.1. The SMILES string of the molecule is Cc1cc(C(=O)c2cc(S(=O)(=O)Cl)n(C)c2)n[nH]1. The number of H-pyrrole nitrogens is 1. The molecule has 2 rings (SSSR count). The Morgan fingerprint density at radius 2 is 2.11 bits per heavy atom. The van der Waals surface area contributed by atoms with E-state index in [0.717, 1.165) is 5.69 Å². The third-order valence-electron chi connectivity index (χ3n) is 2.41. The highest BCUT2D eigenvalue weighted by Crippen LogP contribution is 2.19. The molecule has 0 bridgehead atoms. The zero-order valence-corrected chi connectivity index (χ0v) is 11.2. The molecule has 0 atom stereocenters. The van der Waals surface area contributed by atoms with Crippen LogP contribution in [0.5, 0.6) is 0 Å². The Labute approximate surface area is 108 Å². The van der Waals surface area contributed by atoms with E-state index in [1.165, 1.54) is 23.9 Å². The molecule has 0 aromatic carbocycles. The van der Waals surface area contributed by atoms with Crippen LogP contribution >= 0.6 is 10.7 Å². The number of nitrogens with zero attached hydrogens (tertiary/aromatic N) is 2. The van der Waals surface area contributed by atoms with Crippen molar-refractivity contribution in [2.45, 2.75) is 11.9 Å². The number of rotatable bonds is 3. The van der Waals surface area contributed by atoms with Gasteiger partial charge in [-0.25, -0.2) is 8.42 Å². The first-order valence-corrected chi connectivity index (χ1v) is 7.27. The van der Waals surface area contributed by atoms with Crippen LogP contribution < -0.4 is 0 Å². The summed E-state index contributed by atoms with van der Waals surface area (Å²) >= 11 is 0. The summed E-state index contributed by atoms with van der Waals surface area (Å²) in [6, 6.07) is 2.82. The summed E-state index contributed by atoms with van der Waals surface area (Å²) in [5, 5.41) is 6.35. The number of aromatic nitrogens is 3. The predicted octanol–water partition coefficient (Wildman–Crippen LogP) is 1.22. The van der Waals surface area contributed by atoms with E-state index < -0.39 is 9.05 Å². The Kier molecular flexibility index (Phi) is 3.04. The zero-order valence-electron chi connectivity index (χ0n) is 9.64. The molecule has 18 heavy (non-hydrogen) atoms. The lowest BCUT2D eigenvalue weighted by Gasteiger charge is -1.95. The van der Waals surface area contributed by atoms with Crippen molar-refractivity contribution in [1.82, 2.24) is 14.8 Å². The number of aromatic amines is 1. The molecule has 0 saturated carbocycles. The Balaban J connectivity index is 2.45. The molecular weight excluding hydrogens is 278 g/mol. The number of hydrogen-bond acceptors (Lipinski definition) is 4. The summed E-state index contributed by atoms with van der Waals surface area (Å²) < 4.78 is 23.8. The Morgan fingerprint density at radius 3 is 2.56 bits per heavy atom. The predicted molar refractivity (Wildman–Crippen MR) is 65.2 cm³/mol. The maximum absolute atomic E-state index is 12.0. The fourth-order valence-corrected chi connectivity index (χ4v) is 2.72. The monoisotopic (exact) mass is 287 g/mol. The number of ketones is 1. The molecular formula is C10H10ClN3O3S. The first kappa shape index (κ1) is 12.8. The first-order valence-electron chi connectivity index (χ1n) is 4.97. The zero-order chi connectivity index (χ0) is 13.5. The van der Waals surface area contributed by atoms with Gasteiger partial charge in [-0.1, -0.05) is 0 Å². The molecule has 96 valence electrons. The summed E-state index contributed by atoms with van der Waals surface area (Å²) in [7, 11) is 2.88. The minimum atomic E-state index is -3.87. The normalized spacial score (nSPS) is 11.7. The fraction of sp³-hybridized carbons (Fsp3) is 0.200. The average Bonchev–Trinajstić information content (AvgIpc) is 2.82. The van der Waals surface area contributed by atoms with Crippen molar-refractivity contribution in [2.75, 3.05) is 0 Å². The summed E-state index contributed by atoms with van der Waals surface area (Å²) in [5.41, 5.74) is 1.21.